The van der Waals surface area contributed by atoms with Crippen LogP contribution < -0.4 is 10.2 Å². The molecule has 0 aliphatic carbocycles. The Morgan fingerprint density at radius 2 is 1.74 bits per heavy atom. The molecule has 1 amide bonds. The smallest absolute Gasteiger partial charge is 0.241 e. The van der Waals surface area contributed by atoms with Crippen LogP contribution in [-0.4, -0.2) is 73.6 Å². The Morgan fingerprint density at radius 3 is 2.33 bits per heavy atom. The molecule has 1 aromatic rings. The molecule has 2 heterocycles. The molecule has 1 N–H and O–H groups in total. The fourth-order valence-corrected chi connectivity index (χ4v) is 3.49. The van der Waals surface area contributed by atoms with Crippen molar-refractivity contribution in [2.75, 3.05) is 50.7 Å². The Balaban J connectivity index is 0.00000126. The van der Waals surface area contributed by atoms with E-state index < -0.39 is 11.6 Å². The summed E-state index contributed by atoms with van der Waals surface area (Å²) >= 11 is 0. The van der Waals surface area contributed by atoms with Crippen LogP contribution in [0.2, 0.25) is 0 Å². The Morgan fingerprint density at radius 1 is 1.07 bits per heavy atom. The lowest BCUT2D eigenvalue weighted by atomic mass is 10.1. The summed E-state index contributed by atoms with van der Waals surface area (Å²) in [5, 5.41) is 3.32. The number of halogens is 2. The number of anilines is 1. The van der Waals surface area contributed by atoms with E-state index in [0.717, 1.165) is 25.7 Å². The molecule has 0 aromatic heterocycles. The van der Waals surface area contributed by atoms with Crippen molar-refractivity contribution in [3.63, 3.8) is 0 Å². The topological polar surface area (TPSA) is 38.8 Å². The number of piperazine rings is 2. The summed E-state index contributed by atoms with van der Waals surface area (Å²) < 4.78 is 26.5. The molecule has 27 heavy (non-hydrogen) atoms. The van der Waals surface area contributed by atoms with Crippen LogP contribution in [0.25, 0.3) is 0 Å². The lowest BCUT2D eigenvalue weighted by Gasteiger charge is -2.40. The van der Waals surface area contributed by atoms with E-state index in [1.54, 1.807) is 6.07 Å². The summed E-state index contributed by atoms with van der Waals surface area (Å²) in [6.07, 6.45) is 0. The number of hydrogen-bond acceptors (Lipinski definition) is 4. The lowest BCUT2D eigenvalue weighted by molar-refractivity contribution is -0.135. The van der Waals surface area contributed by atoms with Crippen LogP contribution in [0.15, 0.2) is 18.2 Å². The minimum absolute atomic E-state index is 0.135. The van der Waals surface area contributed by atoms with Gasteiger partial charge >= 0.3 is 0 Å². The number of rotatable bonds is 3. The number of benzene rings is 1. The molecule has 1 atom stereocenters. The number of carbonyl (C=O) groups excluding carboxylic acids is 1. The second-order valence-electron chi connectivity index (χ2n) is 7.01. The molecule has 0 spiro atoms. The van der Waals surface area contributed by atoms with E-state index in [-0.39, 0.29) is 11.9 Å². The average Bonchev–Trinajstić information content (AvgIpc) is 2.71. The van der Waals surface area contributed by atoms with Crippen molar-refractivity contribution in [1.29, 1.82) is 0 Å². The van der Waals surface area contributed by atoms with Gasteiger partial charge in [0.25, 0.3) is 0 Å². The summed E-state index contributed by atoms with van der Waals surface area (Å²) in [4.78, 5) is 18.9. The highest BCUT2D eigenvalue weighted by atomic mass is 19.2. The van der Waals surface area contributed by atoms with Crippen molar-refractivity contribution in [3.8, 4) is 0 Å². The highest BCUT2D eigenvalue weighted by Crippen LogP contribution is 2.20. The third-order valence-corrected chi connectivity index (χ3v) is 5.09. The van der Waals surface area contributed by atoms with Crippen molar-refractivity contribution in [1.82, 2.24) is 15.1 Å². The first kappa shape index (κ1) is 21.6. The maximum atomic E-state index is 13.4. The molecule has 0 radical (unpaired) electrons. The molecule has 2 aliphatic rings. The van der Waals surface area contributed by atoms with Crippen molar-refractivity contribution in [3.05, 3.63) is 29.8 Å². The summed E-state index contributed by atoms with van der Waals surface area (Å²) in [6.45, 7) is 13.2. The van der Waals surface area contributed by atoms with Gasteiger partial charge in [0, 0.05) is 63.6 Å². The fourth-order valence-electron chi connectivity index (χ4n) is 3.49. The predicted octanol–water partition coefficient (Wildman–Crippen LogP) is 2.32. The molecule has 2 fully saturated rings. The number of amides is 1. The minimum Gasteiger partial charge on any atom is -0.368 e. The fraction of sp³-hybridized carbons (Fsp3) is 0.650. The van der Waals surface area contributed by atoms with Crippen molar-refractivity contribution >= 4 is 11.6 Å². The van der Waals surface area contributed by atoms with Crippen LogP contribution in [0.4, 0.5) is 14.5 Å². The Bertz CT molecular complexity index is 618. The molecule has 0 bridgehead atoms. The van der Waals surface area contributed by atoms with Gasteiger partial charge < -0.3 is 15.1 Å². The summed E-state index contributed by atoms with van der Waals surface area (Å²) in [7, 11) is 0. The molecule has 7 heteroatoms. The molecule has 2 saturated heterocycles. The van der Waals surface area contributed by atoms with E-state index in [1.807, 2.05) is 23.6 Å². The molecule has 5 nitrogen and oxygen atoms in total. The first-order chi connectivity index (χ1) is 13.0. The highest BCUT2D eigenvalue weighted by Gasteiger charge is 2.31. The summed E-state index contributed by atoms with van der Waals surface area (Å²) in [6, 6.07) is 4.22. The minimum atomic E-state index is -0.837. The van der Waals surface area contributed by atoms with Crippen LogP contribution >= 0.6 is 0 Å². The van der Waals surface area contributed by atoms with Gasteiger partial charge in [-0.25, -0.2) is 8.78 Å². The number of nitrogens with zero attached hydrogens (tertiary/aromatic N) is 3. The van der Waals surface area contributed by atoms with Gasteiger partial charge in [-0.3, -0.25) is 9.69 Å². The Kier molecular flexibility index (Phi) is 7.98. The number of hydrogen-bond donors (Lipinski definition) is 1. The standard InChI is InChI=1S/C18H26F2N4O.C2H6/c1-13(2)24-6-5-21-17(12-24)18(25)23-9-7-22(8-10-23)14-3-4-15(19)16(20)11-14;1-2/h3-4,11,13,17,21H,5-10,12H2,1-2H3;1-2H3/t17-;/m1./s1. The van der Waals surface area contributed by atoms with Gasteiger partial charge in [0.2, 0.25) is 5.91 Å². The van der Waals surface area contributed by atoms with Crippen molar-refractivity contribution in [2.45, 2.75) is 39.8 Å². The third kappa shape index (κ3) is 5.39. The quantitative estimate of drug-likeness (QED) is 0.871. The highest BCUT2D eigenvalue weighted by molar-refractivity contribution is 5.82. The van der Waals surface area contributed by atoms with Crippen LogP contribution in [0, 0.1) is 11.6 Å². The molecule has 0 unspecified atom stereocenters. The molecular weight excluding hydrogens is 350 g/mol. The van der Waals surface area contributed by atoms with Crippen molar-refractivity contribution < 1.29 is 13.6 Å². The van der Waals surface area contributed by atoms with E-state index in [2.05, 4.69) is 24.1 Å². The Hall–Kier alpha value is -1.73. The molecule has 2 aliphatic heterocycles. The van der Waals surface area contributed by atoms with Crippen LogP contribution in [0.5, 0.6) is 0 Å². The second-order valence-corrected chi connectivity index (χ2v) is 7.01. The van der Waals surface area contributed by atoms with Gasteiger partial charge in [-0.05, 0) is 26.0 Å². The van der Waals surface area contributed by atoms with Gasteiger partial charge in [0.1, 0.15) is 0 Å². The van der Waals surface area contributed by atoms with E-state index in [4.69, 9.17) is 0 Å². The maximum Gasteiger partial charge on any atom is 0.241 e. The maximum absolute atomic E-state index is 13.4. The number of nitrogens with one attached hydrogen (secondary N) is 1. The van der Waals surface area contributed by atoms with Gasteiger partial charge in [-0.15, -0.1) is 0 Å². The first-order valence-electron chi connectivity index (χ1n) is 9.92. The zero-order valence-electron chi connectivity index (χ0n) is 16.8. The molecular formula is C20H32F2N4O. The van der Waals surface area contributed by atoms with E-state index in [9.17, 15) is 13.6 Å². The van der Waals surface area contributed by atoms with Gasteiger partial charge in [0.15, 0.2) is 11.6 Å². The predicted molar refractivity (Wildman–Crippen MR) is 105 cm³/mol. The summed E-state index contributed by atoms with van der Waals surface area (Å²) in [5.41, 5.74) is 0.660. The molecule has 3 rings (SSSR count). The van der Waals surface area contributed by atoms with Gasteiger partial charge in [-0.2, -0.15) is 0 Å². The molecule has 0 saturated carbocycles. The van der Waals surface area contributed by atoms with Gasteiger partial charge in [0.05, 0.1) is 6.04 Å². The van der Waals surface area contributed by atoms with Crippen molar-refractivity contribution in [2.24, 2.45) is 0 Å². The van der Waals surface area contributed by atoms with E-state index >= 15 is 0 Å². The molecule has 1 aromatic carbocycles. The SMILES string of the molecule is CC.CC(C)N1CCN[C@@H](C(=O)N2CCN(c3ccc(F)c(F)c3)CC2)C1. The zero-order chi connectivity index (χ0) is 20.0. The van der Waals surface area contributed by atoms with Crippen LogP contribution in [0.1, 0.15) is 27.7 Å². The lowest BCUT2D eigenvalue weighted by Crippen LogP contribution is -2.61. The zero-order valence-corrected chi connectivity index (χ0v) is 16.8. The van der Waals surface area contributed by atoms with E-state index in [1.165, 1.54) is 6.07 Å². The first-order valence-corrected chi connectivity index (χ1v) is 9.92. The average molecular weight is 382 g/mol. The monoisotopic (exact) mass is 382 g/mol. The Labute approximate surface area is 161 Å². The normalized spacial score (nSPS) is 21.1. The molecule has 152 valence electrons. The largest absolute Gasteiger partial charge is 0.368 e. The third-order valence-electron chi connectivity index (χ3n) is 5.09. The van der Waals surface area contributed by atoms with Gasteiger partial charge in [-0.1, -0.05) is 13.8 Å². The summed E-state index contributed by atoms with van der Waals surface area (Å²) in [5.74, 6) is -1.54. The van der Waals surface area contributed by atoms with Crippen LogP contribution in [-0.2, 0) is 4.79 Å². The second kappa shape index (κ2) is 9.99. The number of carbonyl (C=O) groups is 1. The van der Waals surface area contributed by atoms with Crippen LogP contribution in [0.3, 0.4) is 0 Å². The van der Waals surface area contributed by atoms with E-state index in [0.29, 0.717) is 37.9 Å².